The van der Waals surface area contributed by atoms with Gasteiger partial charge in [0, 0.05) is 0 Å². The van der Waals surface area contributed by atoms with Crippen LogP contribution in [0.2, 0.25) is 5.02 Å². The molecule has 0 spiro atoms. The predicted molar refractivity (Wildman–Crippen MR) is 130 cm³/mol. The summed E-state index contributed by atoms with van der Waals surface area (Å²) in [5, 5.41) is 9.53. The SMILES string of the molecule is O=C(O)c1cc(N2C(=O)C3C(C2=O)C2(Br)c4ccccc4C3(Br)c3ccccc32)ccc1Cl. The first-order valence-corrected chi connectivity index (χ1v) is 12.2. The first-order chi connectivity index (χ1) is 15.7. The average molecular weight is 588 g/mol. The smallest absolute Gasteiger partial charge is 0.337 e. The molecule has 164 valence electrons. The van der Waals surface area contributed by atoms with Gasteiger partial charge in [-0.1, -0.05) is 92.0 Å². The van der Waals surface area contributed by atoms with Gasteiger partial charge >= 0.3 is 5.97 Å². The highest BCUT2D eigenvalue weighted by molar-refractivity contribution is 9.10. The second-order valence-corrected chi connectivity index (χ2v) is 11.4. The number of anilines is 1. The molecule has 0 saturated carbocycles. The number of halogens is 3. The molecule has 1 N–H and O–H groups in total. The summed E-state index contributed by atoms with van der Waals surface area (Å²) in [6.45, 7) is 0. The summed E-state index contributed by atoms with van der Waals surface area (Å²) >= 11 is 13.9. The quantitative estimate of drug-likeness (QED) is 0.320. The van der Waals surface area contributed by atoms with E-state index in [1.165, 1.54) is 18.2 Å². The van der Waals surface area contributed by atoms with Crippen molar-refractivity contribution in [2.75, 3.05) is 4.90 Å². The van der Waals surface area contributed by atoms with Crippen molar-refractivity contribution in [3.8, 4) is 0 Å². The van der Waals surface area contributed by atoms with Gasteiger partial charge in [-0.05, 0) is 40.5 Å². The molecule has 7 rings (SSSR count). The van der Waals surface area contributed by atoms with Gasteiger partial charge in [-0.15, -0.1) is 0 Å². The maximum atomic E-state index is 13.9. The molecular weight excluding hydrogens is 574 g/mol. The zero-order valence-electron chi connectivity index (χ0n) is 16.8. The Kier molecular flexibility index (Phi) is 4.33. The molecule has 3 aromatic carbocycles. The highest BCUT2D eigenvalue weighted by Gasteiger charge is 2.72. The number of hydrogen-bond donors (Lipinski definition) is 1. The van der Waals surface area contributed by atoms with Crippen molar-refractivity contribution >= 4 is 66.9 Å². The number of alkyl halides is 2. The number of carbonyl (C=O) groups excluding carboxylic acids is 2. The number of benzene rings is 3. The van der Waals surface area contributed by atoms with Crippen molar-refractivity contribution in [1.29, 1.82) is 0 Å². The van der Waals surface area contributed by atoms with E-state index in [-0.39, 0.29) is 28.1 Å². The van der Waals surface area contributed by atoms with E-state index in [9.17, 15) is 19.5 Å². The lowest BCUT2D eigenvalue weighted by molar-refractivity contribution is -0.122. The fourth-order valence-electron chi connectivity index (χ4n) is 5.74. The molecular formula is C25H14Br2ClNO4. The molecule has 0 aromatic heterocycles. The van der Waals surface area contributed by atoms with Gasteiger partial charge < -0.3 is 5.11 Å². The second-order valence-electron chi connectivity index (χ2n) is 8.45. The Morgan fingerprint density at radius 3 is 1.64 bits per heavy atom. The van der Waals surface area contributed by atoms with E-state index < -0.39 is 26.5 Å². The van der Waals surface area contributed by atoms with Gasteiger partial charge in [-0.3, -0.25) is 9.59 Å². The van der Waals surface area contributed by atoms with E-state index in [4.69, 9.17) is 11.6 Å². The van der Waals surface area contributed by atoms with Crippen molar-refractivity contribution in [3.63, 3.8) is 0 Å². The van der Waals surface area contributed by atoms with Gasteiger partial charge in [0.15, 0.2) is 0 Å². The summed E-state index contributed by atoms with van der Waals surface area (Å²) in [4.78, 5) is 40.6. The third-order valence-corrected chi connectivity index (χ3v) is 10.0. The van der Waals surface area contributed by atoms with E-state index in [0.717, 1.165) is 27.2 Å². The minimum atomic E-state index is -1.23. The minimum absolute atomic E-state index is 0.0385. The van der Waals surface area contributed by atoms with Gasteiger partial charge in [0.1, 0.15) is 0 Å². The topological polar surface area (TPSA) is 74.7 Å². The van der Waals surface area contributed by atoms with Crippen molar-refractivity contribution in [1.82, 2.24) is 0 Å². The summed E-state index contributed by atoms with van der Waals surface area (Å²) in [7, 11) is 0. The number of nitrogens with zero attached hydrogens (tertiary/aromatic N) is 1. The minimum Gasteiger partial charge on any atom is -0.478 e. The lowest BCUT2D eigenvalue weighted by atomic mass is 9.54. The summed E-state index contributed by atoms with van der Waals surface area (Å²) in [6, 6.07) is 19.8. The summed E-state index contributed by atoms with van der Waals surface area (Å²) in [5.74, 6) is -3.44. The molecule has 1 aliphatic heterocycles. The van der Waals surface area contributed by atoms with Crippen molar-refractivity contribution < 1.29 is 19.5 Å². The van der Waals surface area contributed by atoms with Crippen LogP contribution in [0.1, 0.15) is 32.6 Å². The normalized spacial score (nSPS) is 29.0. The number of aromatic carboxylic acids is 1. The Balaban J connectivity index is 1.62. The van der Waals surface area contributed by atoms with Gasteiger partial charge in [0.25, 0.3) is 0 Å². The predicted octanol–water partition coefficient (Wildman–Crippen LogP) is 5.45. The van der Waals surface area contributed by atoms with Crippen LogP contribution in [-0.4, -0.2) is 22.9 Å². The summed E-state index contributed by atoms with van der Waals surface area (Å²) in [6.07, 6.45) is 0. The number of carboxylic acids is 1. The third-order valence-electron chi connectivity index (χ3n) is 7.02. The first kappa shape index (κ1) is 21.1. The molecule has 1 saturated heterocycles. The number of amides is 2. The van der Waals surface area contributed by atoms with Crippen LogP contribution < -0.4 is 4.90 Å². The Labute approximate surface area is 210 Å². The first-order valence-electron chi connectivity index (χ1n) is 10.2. The lowest BCUT2D eigenvalue weighted by Gasteiger charge is -2.55. The molecule has 2 atom stereocenters. The largest absolute Gasteiger partial charge is 0.478 e. The highest BCUT2D eigenvalue weighted by Crippen LogP contribution is 2.70. The lowest BCUT2D eigenvalue weighted by Crippen LogP contribution is -2.56. The van der Waals surface area contributed by atoms with Gasteiger partial charge in [0.2, 0.25) is 11.8 Å². The van der Waals surface area contributed by atoms with Crippen LogP contribution in [0.4, 0.5) is 5.69 Å². The number of rotatable bonds is 2. The van der Waals surface area contributed by atoms with E-state index in [1.54, 1.807) is 0 Å². The molecule has 1 fully saturated rings. The Bertz CT molecular complexity index is 1300. The van der Waals surface area contributed by atoms with Crippen LogP contribution >= 0.6 is 43.5 Å². The Morgan fingerprint density at radius 2 is 1.24 bits per heavy atom. The summed E-state index contributed by atoms with van der Waals surface area (Å²) < 4.78 is -1.80. The number of imide groups is 1. The standard InChI is InChI=1S/C25H14Br2ClNO4/c26-24-14-5-1-2-6-15(14)25(27,17-8-4-3-7-16(17)24)20-19(24)21(30)29(22(20)31)12-9-10-18(28)13(11-12)23(32)33/h1-11,19-20H,(H,32,33). The number of hydrogen-bond acceptors (Lipinski definition) is 3. The number of carboxylic acid groups (broad SMARTS) is 1. The van der Waals surface area contributed by atoms with E-state index in [2.05, 4.69) is 31.9 Å². The molecule has 2 unspecified atom stereocenters. The van der Waals surface area contributed by atoms with Crippen molar-refractivity contribution in [3.05, 3.63) is 99.6 Å². The third kappa shape index (κ3) is 2.40. The Morgan fingerprint density at radius 1 is 0.818 bits per heavy atom. The zero-order valence-corrected chi connectivity index (χ0v) is 20.7. The fraction of sp³-hybridized carbons (Fsp3) is 0.160. The molecule has 3 aromatic rings. The highest BCUT2D eigenvalue weighted by atomic mass is 79.9. The van der Waals surface area contributed by atoms with E-state index in [0.29, 0.717) is 0 Å². The Hall–Kier alpha value is -2.48. The summed E-state index contributed by atoms with van der Waals surface area (Å²) in [5.41, 5.74) is 3.78. The van der Waals surface area contributed by atoms with Crippen LogP contribution in [0.25, 0.3) is 0 Å². The van der Waals surface area contributed by atoms with Gasteiger partial charge in [-0.2, -0.15) is 0 Å². The van der Waals surface area contributed by atoms with Crippen molar-refractivity contribution in [2.24, 2.45) is 11.8 Å². The monoisotopic (exact) mass is 585 g/mol. The molecule has 4 aliphatic rings. The van der Waals surface area contributed by atoms with E-state index in [1.807, 2.05) is 48.5 Å². The van der Waals surface area contributed by atoms with Gasteiger partial charge in [-0.25, -0.2) is 9.69 Å². The molecule has 2 bridgehead atoms. The van der Waals surface area contributed by atoms with Crippen molar-refractivity contribution in [2.45, 2.75) is 8.65 Å². The second kappa shape index (κ2) is 6.78. The molecule has 3 aliphatic carbocycles. The molecule has 1 heterocycles. The number of carbonyl (C=O) groups is 3. The maximum absolute atomic E-state index is 13.9. The molecule has 8 heteroatoms. The van der Waals surface area contributed by atoms with E-state index >= 15 is 0 Å². The van der Waals surface area contributed by atoms with Crippen LogP contribution in [0, 0.1) is 11.8 Å². The zero-order chi connectivity index (χ0) is 23.3. The van der Waals surface area contributed by atoms with Crippen LogP contribution in [-0.2, 0) is 18.2 Å². The average Bonchev–Trinajstić information content (AvgIpc) is 3.09. The molecule has 0 radical (unpaired) electrons. The fourth-order valence-corrected chi connectivity index (χ4v) is 8.24. The molecule has 5 nitrogen and oxygen atoms in total. The van der Waals surface area contributed by atoms with Crippen LogP contribution in [0.5, 0.6) is 0 Å². The maximum Gasteiger partial charge on any atom is 0.337 e. The van der Waals surface area contributed by atoms with Gasteiger partial charge in [0.05, 0.1) is 36.8 Å². The molecule has 2 amide bonds. The van der Waals surface area contributed by atoms with Crippen LogP contribution in [0.15, 0.2) is 66.7 Å². The van der Waals surface area contributed by atoms with Crippen LogP contribution in [0.3, 0.4) is 0 Å². The molecule has 33 heavy (non-hydrogen) atoms.